The van der Waals surface area contributed by atoms with E-state index in [1.807, 2.05) is 18.2 Å². The maximum Gasteiger partial charge on any atom is 0.0825 e. The highest BCUT2D eigenvalue weighted by Gasteiger charge is 2.38. The van der Waals surface area contributed by atoms with Crippen molar-refractivity contribution in [2.45, 2.75) is 56.7 Å². The highest BCUT2D eigenvalue weighted by atomic mass is 16.3. The van der Waals surface area contributed by atoms with Crippen LogP contribution >= 0.6 is 0 Å². The largest absolute Gasteiger partial charge is 0.390 e. The first kappa shape index (κ1) is 12.2. The predicted octanol–water partition coefficient (Wildman–Crippen LogP) is 2.98. The van der Waals surface area contributed by atoms with Gasteiger partial charge in [-0.1, -0.05) is 43.5 Å². The van der Waals surface area contributed by atoms with Crippen molar-refractivity contribution < 1.29 is 10.2 Å². The van der Waals surface area contributed by atoms with Crippen LogP contribution < -0.4 is 0 Å². The summed E-state index contributed by atoms with van der Waals surface area (Å²) in [5.74, 6) is 0.200. The van der Waals surface area contributed by atoms with Gasteiger partial charge in [-0.2, -0.15) is 0 Å². The standard InChI is InChI=1S/C16H22O2/c17-15-13(10-12-6-2-3-7-14(12)15)11-16(18)8-4-1-5-9-16/h2-3,6-7,13,15,17-18H,1,4-5,8-11H2. The zero-order valence-corrected chi connectivity index (χ0v) is 10.8. The molecule has 2 unspecified atom stereocenters. The molecule has 1 saturated carbocycles. The number of fused-ring (bicyclic) bond motifs is 1. The summed E-state index contributed by atoms with van der Waals surface area (Å²) in [4.78, 5) is 0. The third-order valence-electron chi connectivity index (χ3n) is 4.73. The minimum atomic E-state index is -0.522. The van der Waals surface area contributed by atoms with Gasteiger partial charge in [0.05, 0.1) is 11.7 Å². The van der Waals surface area contributed by atoms with E-state index in [4.69, 9.17) is 0 Å². The van der Waals surface area contributed by atoms with E-state index in [1.165, 1.54) is 12.0 Å². The highest BCUT2D eigenvalue weighted by molar-refractivity contribution is 5.34. The molecule has 2 heteroatoms. The van der Waals surface area contributed by atoms with Gasteiger partial charge in [0.2, 0.25) is 0 Å². The second kappa shape index (κ2) is 4.67. The molecule has 2 nitrogen and oxygen atoms in total. The molecular weight excluding hydrogens is 224 g/mol. The van der Waals surface area contributed by atoms with Gasteiger partial charge >= 0.3 is 0 Å². The van der Waals surface area contributed by atoms with Crippen LogP contribution in [0.1, 0.15) is 55.8 Å². The zero-order chi connectivity index (χ0) is 12.6. The van der Waals surface area contributed by atoms with Crippen LogP contribution in [0.2, 0.25) is 0 Å². The van der Waals surface area contributed by atoms with Gasteiger partial charge in [-0.3, -0.25) is 0 Å². The van der Waals surface area contributed by atoms with E-state index < -0.39 is 5.60 Å². The molecule has 2 atom stereocenters. The number of aliphatic hydroxyl groups excluding tert-OH is 1. The molecule has 0 radical (unpaired) electrons. The Morgan fingerprint density at radius 3 is 2.56 bits per heavy atom. The molecule has 18 heavy (non-hydrogen) atoms. The summed E-state index contributed by atoms with van der Waals surface area (Å²) < 4.78 is 0. The van der Waals surface area contributed by atoms with Crippen molar-refractivity contribution in [2.24, 2.45) is 5.92 Å². The Labute approximate surface area is 109 Å². The monoisotopic (exact) mass is 246 g/mol. The maximum atomic E-state index is 10.6. The molecule has 2 N–H and O–H groups in total. The summed E-state index contributed by atoms with van der Waals surface area (Å²) >= 11 is 0. The number of hydrogen-bond donors (Lipinski definition) is 2. The summed E-state index contributed by atoms with van der Waals surface area (Å²) in [6, 6.07) is 8.14. The highest BCUT2D eigenvalue weighted by Crippen LogP contribution is 2.43. The number of benzene rings is 1. The Morgan fingerprint density at radius 1 is 1.11 bits per heavy atom. The molecular formula is C16H22O2. The van der Waals surface area contributed by atoms with Gasteiger partial charge < -0.3 is 10.2 Å². The zero-order valence-electron chi connectivity index (χ0n) is 10.8. The van der Waals surface area contributed by atoms with Crippen LogP contribution in [0.5, 0.6) is 0 Å². The summed E-state index contributed by atoms with van der Waals surface area (Å²) in [6.45, 7) is 0. The van der Waals surface area contributed by atoms with Crippen LogP contribution in [0, 0.1) is 5.92 Å². The van der Waals surface area contributed by atoms with Crippen LogP contribution in [0.4, 0.5) is 0 Å². The second-order valence-electron chi connectivity index (χ2n) is 6.10. The van der Waals surface area contributed by atoms with E-state index in [0.29, 0.717) is 0 Å². The lowest BCUT2D eigenvalue weighted by Crippen LogP contribution is -2.34. The summed E-state index contributed by atoms with van der Waals surface area (Å²) in [5.41, 5.74) is 1.81. The quantitative estimate of drug-likeness (QED) is 0.842. The fraction of sp³-hybridized carbons (Fsp3) is 0.625. The first-order valence-corrected chi connectivity index (χ1v) is 7.16. The second-order valence-corrected chi connectivity index (χ2v) is 6.10. The first-order chi connectivity index (χ1) is 8.68. The summed E-state index contributed by atoms with van der Waals surface area (Å²) in [7, 11) is 0. The fourth-order valence-electron chi connectivity index (χ4n) is 3.74. The SMILES string of the molecule is OC1c2ccccc2CC1CC1(O)CCCCC1. The smallest absolute Gasteiger partial charge is 0.0825 e. The molecule has 0 amide bonds. The van der Waals surface area contributed by atoms with E-state index in [-0.39, 0.29) is 12.0 Å². The van der Waals surface area contributed by atoms with Crippen molar-refractivity contribution in [1.29, 1.82) is 0 Å². The molecule has 0 bridgehead atoms. The van der Waals surface area contributed by atoms with Gasteiger partial charge in [0, 0.05) is 0 Å². The normalized spacial score (nSPS) is 30.1. The molecule has 98 valence electrons. The van der Waals surface area contributed by atoms with Crippen molar-refractivity contribution in [1.82, 2.24) is 0 Å². The molecule has 1 fully saturated rings. The number of rotatable bonds is 2. The number of hydrogen-bond acceptors (Lipinski definition) is 2. The molecule has 1 aromatic carbocycles. The Balaban J connectivity index is 1.72. The van der Waals surface area contributed by atoms with Crippen LogP contribution in [0.15, 0.2) is 24.3 Å². The molecule has 0 heterocycles. The molecule has 0 spiro atoms. The Kier molecular flexibility index (Phi) is 3.16. The van der Waals surface area contributed by atoms with Gasteiger partial charge in [-0.05, 0) is 42.7 Å². The van der Waals surface area contributed by atoms with Crippen molar-refractivity contribution in [3.63, 3.8) is 0 Å². The van der Waals surface area contributed by atoms with E-state index in [2.05, 4.69) is 6.07 Å². The van der Waals surface area contributed by atoms with Gasteiger partial charge in [-0.25, -0.2) is 0 Å². The van der Waals surface area contributed by atoms with Crippen LogP contribution in [-0.2, 0) is 6.42 Å². The Morgan fingerprint density at radius 2 is 1.83 bits per heavy atom. The van der Waals surface area contributed by atoms with E-state index in [0.717, 1.165) is 44.1 Å². The van der Waals surface area contributed by atoms with Gasteiger partial charge in [0.1, 0.15) is 0 Å². The van der Waals surface area contributed by atoms with Crippen LogP contribution in [-0.4, -0.2) is 15.8 Å². The van der Waals surface area contributed by atoms with Crippen molar-refractivity contribution in [3.05, 3.63) is 35.4 Å². The first-order valence-electron chi connectivity index (χ1n) is 7.16. The minimum absolute atomic E-state index is 0.200. The molecule has 2 aliphatic rings. The average Bonchev–Trinajstić information content (AvgIpc) is 2.67. The van der Waals surface area contributed by atoms with Crippen molar-refractivity contribution in [3.8, 4) is 0 Å². The molecule has 2 aliphatic carbocycles. The minimum Gasteiger partial charge on any atom is -0.390 e. The van der Waals surface area contributed by atoms with E-state index in [1.54, 1.807) is 0 Å². The molecule has 0 aliphatic heterocycles. The van der Waals surface area contributed by atoms with Crippen LogP contribution in [0.3, 0.4) is 0 Å². The molecule has 3 rings (SSSR count). The lowest BCUT2D eigenvalue weighted by atomic mass is 9.77. The number of aliphatic hydroxyl groups is 2. The van der Waals surface area contributed by atoms with E-state index >= 15 is 0 Å². The third kappa shape index (κ3) is 2.19. The lowest BCUT2D eigenvalue weighted by Gasteiger charge is -2.35. The predicted molar refractivity (Wildman–Crippen MR) is 71.2 cm³/mol. The fourth-order valence-corrected chi connectivity index (χ4v) is 3.74. The van der Waals surface area contributed by atoms with Gasteiger partial charge in [0.25, 0.3) is 0 Å². The van der Waals surface area contributed by atoms with Crippen molar-refractivity contribution >= 4 is 0 Å². The maximum absolute atomic E-state index is 10.6. The lowest BCUT2D eigenvalue weighted by molar-refractivity contribution is -0.0348. The summed E-state index contributed by atoms with van der Waals surface area (Å²) in [6.07, 6.45) is 6.61. The van der Waals surface area contributed by atoms with E-state index in [9.17, 15) is 10.2 Å². The molecule has 1 aromatic rings. The van der Waals surface area contributed by atoms with Crippen molar-refractivity contribution in [2.75, 3.05) is 0 Å². The third-order valence-corrected chi connectivity index (χ3v) is 4.73. The summed E-state index contributed by atoms with van der Waals surface area (Å²) in [5, 5.41) is 21.0. The molecule has 0 aromatic heterocycles. The molecule has 0 saturated heterocycles. The topological polar surface area (TPSA) is 40.5 Å². The Hall–Kier alpha value is -0.860. The van der Waals surface area contributed by atoms with Gasteiger partial charge in [0.15, 0.2) is 0 Å². The average molecular weight is 246 g/mol. The Bertz CT molecular complexity index is 421. The van der Waals surface area contributed by atoms with Gasteiger partial charge in [-0.15, -0.1) is 0 Å². The van der Waals surface area contributed by atoms with Crippen LogP contribution in [0.25, 0.3) is 0 Å².